The van der Waals surface area contributed by atoms with Crippen molar-refractivity contribution in [3.05, 3.63) is 21.9 Å². The van der Waals surface area contributed by atoms with Gasteiger partial charge in [0.1, 0.15) is 10.8 Å². The molecule has 1 aliphatic heterocycles. The first-order chi connectivity index (χ1) is 8.52. The van der Waals surface area contributed by atoms with Crippen LogP contribution in [0.4, 0.5) is 0 Å². The van der Waals surface area contributed by atoms with Crippen molar-refractivity contribution in [3.8, 4) is 0 Å². The van der Waals surface area contributed by atoms with Crippen LogP contribution in [0.15, 0.2) is 6.07 Å². The van der Waals surface area contributed by atoms with Crippen molar-refractivity contribution in [1.82, 2.24) is 9.88 Å². The maximum atomic E-state index is 12.3. The minimum absolute atomic E-state index is 0.0610. The van der Waals surface area contributed by atoms with Crippen molar-refractivity contribution in [3.63, 3.8) is 0 Å². The van der Waals surface area contributed by atoms with Crippen LogP contribution < -0.4 is 5.73 Å². The van der Waals surface area contributed by atoms with E-state index < -0.39 is 0 Å². The molecule has 1 aromatic heterocycles. The van der Waals surface area contributed by atoms with Gasteiger partial charge in [0, 0.05) is 13.1 Å². The molecule has 0 aromatic carbocycles. The number of nitrogens with one attached hydrogen (secondary N) is 1. The molecule has 0 aliphatic carbocycles. The summed E-state index contributed by atoms with van der Waals surface area (Å²) >= 11 is 11.7. The number of aromatic nitrogens is 1. The molecular formula is C12H17Cl2N3O. The molecule has 0 bridgehead atoms. The third-order valence-corrected chi connectivity index (χ3v) is 4.35. The summed E-state index contributed by atoms with van der Waals surface area (Å²) in [6, 6.07) is 1.57. The summed E-state index contributed by atoms with van der Waals surface area (Å²) in [5.74, 6) is 0.868. The van der Waals surface area contributed by atoms with Crippen LogP contribution in [0.2, 0.25) is 10.2 Å². The first kappa shape index (κ1) is 13.7. The summed E-state index contributed by atoms with van der Waals surface area (Å²) in [7, 11) is 0. The normalized spacial score (nSPS) is 24.3. The fraction of sp³-hybridized carbons (Fsp3) is 0.583. The molecule has 2 unspecified atom stereocenters. The van der Waals surface area contributed by atoms with Crippen LogP contribution in [-0.4, -0.2) is 35.4 Å². The van der Waals surface area contributed by atoms with Gasteiger partial charge in [-0.15, -0.1) is 0 Å². The number of rotatable bonds is 2. The van der Waals surface area contributed by atoms with E-state index in [2.05, 4.69) is 11.9 Å². The first-order valence-electron chi connectivity index (χ1n) is 6.06. The van der Waals surface area contributed by atoms with Crippen molar-refractivity contribution in [1.29, 1.82) is 0 Å². The van der Waals surface area contributed by atoms with Gasteiger partial charge in [-0.1, -0.05) is 30.1 Å². The standard InChI is InChI=1S/C12H17Cl2N3O/c1-7-2-3-17(6-8(7)5-15)12(18)10-4-9(13)11(14)16-10/h4,7-8,16H,2-3,5-6,15H2,1H3. The van der Waals surface area contributed by atoms with E-state index in [1.807, 2.05) is 4.90 Å². The van der Waals surface area contributed by atoms with Crippen molar-refractivity contribution in [2.75, 3.05) is 19.6 Å². The molecule has 1 aromatic rings. The lowest BCUT2D eigenvalue weighted by Crippen LogP contribution is -2.45. The number of aromatic amines is 1. The van der Waals surface area contributed by atoms with Gasteiger partial charge in [0.25, 0.3) is 5.91 Å². The number of nitrogens with two attached hydrogens (primary N) is 1. The molecule has 100 valence electrons. The fourth-order valence-corrected chi connectivity index (χ4v) is 2.64. The molecule has 0 spiro atoms. The molecule has 1 amide bonds. The molecule has 1 aliphatic rings. The van der Waals surface area contributed by atoms with E-state index in [-0.39, 0.29) is 5.91 Å². The lowest BCUT2D eigenvalue weighted by Gasteiger charge is -2.36. The molecule has 2 rings (SSSR count). The van der Waals surface area contributed by atoms with Gasteiger partial charge in [0.05, 0.1) is 5.02 Å². The van der Waals surface area contributed by atoms with Crippen LogP contribution in [0, 0.1) is 11.8 Å². The summed E-state index contributed by atoms with van der Waals surface area (Å²) in [6.45, 7) is 4.24. The molecule has 1 saturated heterocycles. The van der Waals surface area contributed by atoms with Crippen molar-refractivity contribution < 1.29 is 4.79 Å². The number of piperidine rings is 1. The average Bonchev–Trinajstić information content (AvgIpc) is 2.69. The summed E-state index contributed by atoms with van der Waals surface area (Å²) in [6.07, 6.45) is 0.982. The highest BCUT2D eigenvalue weighted by Gasteiger charge is 2.29. The molecule has 0 saturated carbocycles. The smallest absolute Gasteiger partial charge is 0.270 e. The Labute approximate surface area is 116 Å². The van der Waals surface area contributed by atoms with Gasteiger partial charge in [-0.25, -0.2) is 0 Å². The number of hydrogen-bond donors (Lipinski definition) is 2. The number of amides is 1. The van der Waals surface area contributed by atoms with Gasteiger partial charge >= 0.3 is 0 Å². The van der Waals surface area contributed by atoms with E-state index in [9.17, 15) is 4.79 Å². The third kappa shape index (κ3) is 2.66. The van der Waals surface area contributed by atoms with Gasteiger partial charge in [-0.05, 0) is 30.9 Å². The zero-order valence-electron chi connectivity index (χ0n) is 10.2. The second kappa shape index (κ2) is 5.51. The Morgan fingerprint density at radius 1 is 1.61 bits per heavy atom. The Morgan fingerprint density at radius 2 is 2.33 bits per heavy atom. The molecule has 1 fully saturated rings. The predicted octanol–water partition coefficient (Wildman–Crippen LogP) is 2.38. The number of halogens is 2. The van der Waals surface area contributed by atoms with Gasteiger partial charge < -0.3 is 15.6 Å². The van der Waals surface area contributed by atoms with E-state index in [0.717, 1.165) is 13.0 Å². The van der Waals surface area contributed by atoms with Crippen LogP contribution in [0.3, 0.4) is 0 Å². The predicted molar refractivity (Wildman–Crippen MR) is 73.0 cm³/mol. The van der Waals surface area contributed by atoms with Gasteiger partial charge in [-0.2, -0.15) is 0 Å². The quantitative estimate of drug-likeness (QED) is 0.878. The monoisotopic (exact) mass is 289 g/mol. The lowest BCUT2D eigenvalue weighted by atomic mass is 9.87. The van der Waals surface area contributed by atoms with E-state index in [0.29, 0.717) is 40.8 Å². The zero-order chi connectivity index (χ0) is 13.3. The van der Waals surface area contributed by atoms with E-state index in [4.69, 9.17) is 28.9 Å². The van der Waals surface area contributed by atoms with E-state index >= 15 is 0 Å². The Bertz CT molecular complexity index is 427. The fourth-order valence-electron chi connectivity index (χ4n) is 2.33. The second-order valence-corrected chi connectivity index (χ2v) is 5.64. The molecule has 3 N–H and O–H groups in total. The molecular weight excluding hydrogens is 273 g/mol. The zero-order valence-corrected chi connectivity index (χ0v) is 11.8. The van der Waals surface area contributed by atoms with Gasteiger partial charge in [0.2, 0.25) is 0 Å². The Balaban J connectivity index is 2.10. The Morgan fingerprint density at radius 3 is 2.89 bits per heavy atom. The Hall–Kier alpha value is -0.710. The number of H-pyrrole nitrogens is 1. The minimum atomic E-state index is -0.0610. The Kier molecular flexibility index (Phi) is 4.20. The van der Waals surface area contributed by atoms with E-state index in [1.54, 1.807) is 6.07 Å². The van der Waals surface area contributed by atoms with Crippen molar-refractivity contribution in [2.45, 2.75) is 13.3 Å². The highest BCUT2D eigenvalue weighted by Crippen LogP contribution is 2.26. The van der Waals surface area contributed by atoms with Crippen LogP contribution in [0.25, 0.3) is 0 Å². The van der Waals surface area contributed by atoms with Crippen LogP contribution in [0.1, 0.15) is 23.8 Å². The topological polar surface area (TPSA) is 62.1 Å². The largest absolute Gasteiger partial charge is 0.340 e. The average molecular weight is 290 g/mol. The number of hydrogen-bond acceptors (Lipinski definition) is 2. The molecule has 6 heteroatoms. The number of carbonyl (C=O) groups excluding carboxylic acids is 1. The summed E-state index contributed by atoms with van der Waals surface area (Å²) in [4.78, 5) is 16.9. The highest BCUT2D eigenvalue weighted by molar-refractivity contribution is 6.41. The maximum Gasteiger partial charge on any atom is 0.270 e. The highest BCUT2D eigenvalue weighted by atomic mass is 35.5. The molecule has 0 radical (unpaired) electrons. The van der Waals surface area contributed by atoms with Crippen molar-refractivity contribution in [2.24, 2.45) is 17.6 Å². The van der Waals surface area contributed by atoms with Crippen LogP contribution in [0.5, 0.6) is 0 Å². The van der Waals surface area contributed by atoms with Gasteiger partial charge in [0.15, 0.2) is 0 Å². The molecule has 2 atom stereocenters. The second-order valence-electron chi connectivity index (χ2n) is 4.86. The first-order valence-corrected chi connectivity index (χ1v) is 6.82. The molecule has 18 heavy (non-hydrogen) atoms. The molecule has 2 heterocycles. The minimum Gasteiger partial charge on any atom is -0.340 e. The van der Waals surface area contributed by atoms with E-state index in [1.165, 1.54) is 0 Å². The third-order valence-electron chi connectivity index (χ3n) is 3.66. The summed E-state index contributed by atoms with van der Waals surface area (Å²) < 4.78 is 0. The van der Waals surface area contributed by atoms with Gasteiger partial charge in [-0.3, -0.25) is 4.79 Å². The lowest BCUT2D eigenvalue weighted by molar-refractivity contribution is 0.0613. The maximum absolute atomic E-state index is 12.3. The number of likely N-dealkylation sites (tertiary alicyclic amines) is 1. The summed E-state index contributed by atoms with van der Waals surface area (Å²) in [5.41, 5.74) is 6.18. The number of carbonyl (C=O) groups is 1. The SMILES string of the molecule is CC1CCN(C(=O)c2cc(Cl)c(Cl)[nH]2)CC1CN. The molecule has 4 nitrogen and oxygen atoms in total. The summed E-state index contributed by atoms with van der Waals surface area (Å²) in [5, 5.41) is 0.682. The number of nitrogens with zero attached hydrogens (tertiary/aromatic N) is 1. The van der Waals surface area contributed by atoms with Crippen LogP contribution >= 0.6 is 23.2 Å². The van der Waals surface area contributed by atoms with Crippen LogP contribution in [-0.2, 0) is 0 Å². The van der Waals surface area contributed by atoms with Crippen molar-refractivity contribution >= 4 is 29.1 Å².